The molecule has 118 heavy (non-hydrogen) atoms. The minimum atomic E-state index is -1.44. The van der Waals surface area contributed by atoms with Crippen LogP contribution < -0.4 is 15.6 Å². The van der Waals surface area contributed by atoms with Gasteiger partial charge in [0.2, 0.25) is 0 Å². The Morgan fingerprint density at radius 1 is 0.331 bits per heavy atom. The Hall–Kier alpha value is -9.28. The second-order valence-corrected chi connectivity index (χ2v) is 49.4. The molecule has 1 atom stereocenters. The van der Waals surface area contributed by atoms with E-state index in [0.717, 1.165) is 102 Å². The number of aromatic nitrogens is 6. The van der Waals surface area contributed by atoms with Crippen molar-refractivity contribution in [3.05, 3.63) is 345 Å². The fourth-order valence-corrected chi connectivity index (χ4v) is 21.1. The Morgan fingerprint density at radius 3 is 1.12 bits per heavy atom. The number of thiophene rings is 2. The van der Waals surface area contributed by atoms with Gasteiger partial charge in [-0.25, -0.2) is 0 Å². The van der Waals surface area contributed by atoms with Crippen LogP contribution in [0.5, 0.6) is 0 Å². The Kier molecular flexibility index (Phi) is 32.5. The molecule has 0 bridgehead atoms. The van der Waals surface area contributed by atoms with E-state index in [1.54, 1.807) is 18.6 Å². The van der Waals surface area contributed by atoms with E-state index in [4.69, 9.17) is 19.4 Å². The van der Waals surface area contributed by atoms with E-state index in [1.165, 1.54) is 79.0 Å². The predicted molar refractivity (Wildman–Crippen MR) is 500 cm³/mol. The quantitative estimate of drug-likeness (QED) is 0.0791. The third-order valence-corrected chi connectivity index (χ3v) is 28.7. The molecule has 15 heteroatoms. The largest absolute Gasteiger partial charge is 0.500 e. The molecular weight excluding hydrogens is 2060 g/mol. The maximum atomic E-state index is 5.94. The van der Waals surface area contributed by atoms with Crippen molar-refractivity contribution in [1.82, 2.24) is 29.9 Å². The Balaban J connectivity index is 0.000000153. The summed E-state index contributed by atoms with van der Waals surface area (Å²) in [6.07, 6.45) is 15.2. The van der Waals surface area contributed by atoms with Gasteiger partial charge in [0.05, 0.1) is 29.8 Å². The molecule has 1 unspecified atom stereocenters. The van der Waals surface area contributed by atoms with Crippen LogP contribution in [0.25, 0.3) is 130 Å². The summed E-state index contributed by atoms with van der Waals surface area (Å²) in [7, 11) is -4.22. The van der Waals surface area contributed by atoms with Crippen LogP contribution in [0.3, 0.4) is 0 Å². The van der Waals surface area contributed by atoms with Gasteiger partial charge >= 0.3 is 0 Å². The first kappa shape index (κ1) is 91.0. The van der Waals surface area contributed by atoms with Crippen LogP contribution in [-0.2, 0) is 66.7 Å². The van der Waals surface area contributed by atoms with E-state index in [1.807, 2.05) is 168 Å². The van der Waals surface area contributed by atoms with E-state index < -0.39 is 24.2 Å². The van der Waals surface area contributed by atoms with Crippen LogP contribution in [0.15, 0.2) is 296 Å². The van der Waals surface area contributed by atoms with Gasteiger partial charge in [0.25, 0.3) is 0 Å². The molecule has 18 aromatic rings. The van der Waals surface area contributed by atoms with E-state index in [-0.39, 0.29) is 60.3 Å². The van der Waals surface area contributed by atoms with Gasteiger partial charge in [0.15, 0.2) is 0 Å². The molecule has 9 aromatic carbocycles. The molecule has 9 aromatic heterocycles. The minimum Gasteiger partial charge on any atom is -0.500 e. The number of rotatable bonds is 14. The fourth-order valence-electron chi connectivity index (χ4n) is 14.1. The Morgan fingerprint density at radius 2 is 0.712 bits per heavy atom. The molecule has 0 fully saturated rings. The summed E-state index contributed by atoms with van der Waals surface area (Å²) in [5.41, 5.74) is 18.5. The molecule has 0 N–H and O–H groups in total. The minimum absolute atomic E-state index is 0. The number of benzene rings is 9. The molecule has 0 aliphatic heterocycles. The van der Waals surface area contributed by atoms with Gasteiger partial charge in [-0.15, -0.1) is 179 Å². The maximum Gasteiger partial charge on any atom is 0.120 e. The van der Waals surface area contributed by atoms with Crippen molar-refractivity contribution < 1.29 is 64.7 Å². The van der Waals surface area contributed by atoms with Crippen molar-refractivity contribution in [2.24, 2.45) is 0 Å². The van der Waals surface area contributed by atoms with Crippen molar-refractivity contribution in [2.75, 3.05) is 0 Å². The first-order valence-electron chi connectivity index (χ1n) is 39.7. The Labute approximate surface area is 749 Å². The second-order valence-electron chi connectivity index (χ2n) is 32.1. The van der Waals surface area contributed by atoms with E-state index in [9.17, 15) is 0 Å². The van der Waals surface area contributed by atoms with E-state index in [2.05, 4.69) is 273 Å². The third-order valence-electron chi connectivity index (χ3n) is 20.3. The molecule has 0 aliphatic carbocycles. The number of hydrogen-bond acceptors (Lipinski definition) is 9. The van der Waals surface area contributed by atoms with Crippen molar-refractivity contribution in [3.63, 3.8) is 0 Å². The summed E-state index contributed by atoms with van der Waals surface area (Å²) in [5.74, 6) is 1.04. The van der Waals surface area contributed by atoms with Crippen LogP contribution in [0.2, 0.25) is 58.9 Å². The number of para-hydroxylation sites is 1. The van der Waals surface area contributed by atoms with Gasteiger partial charge in [-0.1, -0.05) is 242 Å². The number of nitrogens with zero attached hydrogens (tertiary/aromatic N) is 6. The molecule has 0 aliphatic rings. The number of pyridine rings is 6. The molecule has 9 heterocycles. The summed E-state index contributed by atoms with van der Waals surface area (Å²) in [6.45, 7) is 33.0. The predicted octanol–water partition coefficient (Wildman–Crippen LogP) is 27.1. The summed E-state index contributed by atoms with van der Waals surface area (Å²) in [5, 5.41) is 12.0. The van der Waals surface area contributed by atoms with Crippen LogP contribution in [0.1, 0.15) is 76.0 Å². The van der Waals surface area contributed by atoms with E-state index >= 15 is 0 Å². The standard InChI is InChI=1S/C24H26NOSi.2C23H24NSSi.3C11H8N.3Ir/c1-6-16(2)19-14-21(25-15-24(19)27(3,4)5)17-11-12-23-20(13-17)18-9-7-8-10-22(18)26-23;1-15(2)18-13-20(24-14-23(18)26(3,4)5)16-10-11-22-19(12-16)17-8-6-7-9-21(17)25-22;1-5-8-17-14-20(24-15-23(17)26(2,3)4)16-11-12-22-19(13-16)18-9-6-7-10-21(18)25-22;3*1-2-6-10(7-3-1)11-8-4-5-9-12-11;;;/h7-10,12-16H,6H2,1-5H3;6-9,11-15H,1-5H3;6-7,9-10,12-15H,5,8H2,1-4H3;3*1-6,8-9H;;;/q6*-1;;;. The van der Waals surface area contributed by atoms with Gasteiger partial charge in [0.1, 0.15) is 5.58 Å². The summed E-state index contributed by atoms with van der Waals surface area (Å²) < 4.78 is 11.2. The first-order chi connectivity index (χ1) is 55.6. The molecular formula is C103H98Ir3N6OS2Si3-6. The zero-order chi connectivity index (χ0) is 80.6. The monoisotopic (exact) mass is 2160 g/mol. The zero-order valence-electron chi connectivity index (χ0n) is 69.4. The SMILES string of the molecule is CC(C)c1cc(-c2[c-]cc3sc4ccccc4c3c2)ncc1[Si](C)(C)C.CCC(C)c1cc(-c2[c-]cc3oc4ccccc4c3c2)ncc1[Si](C)(C)C.CCCc1cc(-c2[c-]cc3sc4ccccc4c3c2)ncc1[Si](C)(C)C.[Ir].[Ir].[Ir].[c-]1ccccc1-c1ccccn1.[c-]1ccccc1-c1ccccn1.[c-]1ccccc1-c1ccccn1. The molecule has 0 amide bonds. The molecule has 7 nitrogen and oxygen atoms in total. The van der Waals surface area contributed by atoms with Gasteiger partial charge in [-0.3, -0.25) is 0 Å². The summed E-state index contributed by atoms with van der Waals surface area (Å²) in [6, 6.07) is 106. The van der Waals surface area contributed by atoms with Gasteiger partial charge in [0, 0.05) is 112 Å². The molecule has 603 valence electrons. The smallest absolute Gasteiger partial charge is 0.120 e. The van der Waals surface area contributed by atoms with Crippen molar-refractivity contribution in [1.29, 1.82) is 0 Å². The topological polar surface area (TPSA) is 90.5 Å². The molecule has 0 saturated carbocycles. The van der Waals surface area contributed by atoms with Crippen LogP contribution in [-0.4, -0.2) is 54.1 Å². The molecule has 3 radical (unpaired) electrons. The summed E-state index contributed by atoms with van der Waals surface area (Å²) >= 11 is 3.67. The number of aryl methyl sites for hydroxylation is 1. The van der Waals surface area contributed by atoms with Crippen LogP contribution in [0.4, 0.5) is 0 Å². The normalized spacial score (nSPS) is 11.4. The van der Waals surface area contributed by atoms with Crippen molar-refractivity contribution in [2.45, 2.75) is 125 Å². The fraction of sp³-hybridized carbons (Fsp3) is 0.184. The molecule has 0 saturated heterocycles. The van der Waals surface area contributed by atoms with Gasteiger partial charge < -0.3 is 34.3 Å². The average molecular weight is 2160 g/mol. The third kappa shape index (κ3) is 22.8. The number of fused-ring (bicyclic) bond motifs is 9. The maximum absolute atomic E-state index is 5.94. The molecule has 18 rings (SSSR count). The Bertz CT molecular complexity index is 5940. The zero-order valence-corrected chi connectivity index (χ0v) is 81.2. The van der Waals surface area contributed by atoms with E-state index in [0.29, 0.717) is 11.8 Å². The van der Waals surface area contributed by atoms with Gasteiger partial charge in [-0.2, -0.15) is 22.7 Å². The second kappa shape index (κ2) is 42.1. The number of furan rings is 1. The first-order valence-corrected chi connectivity index (χ1v) is 51.9. The molecule has 0 spiro atoms. The van der Waals surface area contributed by atoms with Crippen molar-refractivity contribution >= 4 is 125 Å². The average Bonchev–Trinajstić information content (AvgIpc) is 1.59. The van der Waals surface area contributed by atoms with Crippen molar-refractivity contribution in [3.8, 4) is 67.5 Å². The van der Waals surface area contributed by atoms with Crippen LogP contribution >= 0.6 is 22.7 Å². The van der Waals surface area contributed by atoms with Gasteiger partial charge in [-0.05, 0) is 131 Å². The van der Waals surface area contributed by atoms with Crippen LogP contribution in [0, 0.1) is 36.4 Å². The number of hydrogen-bond donors (Lipinski definition) is 0. The summed E-state index contributed by atoms with van der Waals surface area (Å²) in [4.78, 5) is 27.2.